The van der Waals surface area contributed by atoms with Crippen LogP contribution in [-0.2, 0) is 9.59 Å². The summed E-state index contributed by atoms with van der Waals surface area (Å²) in [4.78, 5) is 27.0. The van der Waals surface area contributed by atoms with Gasteiger partial charge in [0, 0.05) is 28.6 Å². The van der Waals surface area contributed by atoms with E-state index in [0.29, 0.717) is 0 Å². The summed E-state index contributed by atoms with van der Waals surface area (Å²) in [6.07, 6.45) is 9.09. The van der Waals surface area contributed by atoms with Crippen molar-refractivity contribution >= 4 is 17.5 Å². The number of fused-ring (bicyclic) bond motifs is 3. The van der Waals surface area contributed by atoms with Gasteiger partial charge in [-0.1, -0.05) is 5.92 Å². The van der Waals surface area contributed by atoms with Gasteiger partial charge in [-0.2, -0.15) is 5.26 Å². The smallest absolute Gasteiger partial charge is 0.237 e. The molecule has 1 heterocycles. The molecule has 7 heteroatoms. The third-order valence-corrected chi connectivity index (χ3v) is 7.37. The highest BCUT2D eigenvalue weighted by Gasteiger charge is 2.52. The van der Waals surface area contributed by atoms with Crippen molar-refractivity contribution in [1.29, 1.82) is 5.26 Å². The number of carbonyl (C=O) groups is 2. The normalized spacial score (nSPS) is 31.6. The van der Waals surface area contributed by atoms with Gasteiger partial charge in [-0.25, -0.2) is 4.39 Å². The molecule has 3 saturated carbocycles. The van der Waals surface area contributed by atoms with Crippen LogP contribution >= 0.6 is 0 Å². The van der Waals surface area contributed by atoms with Crippen LogP contribution in [0, 0.1) is 29.1 Å². The maximum atomic E-state index is 13.6. The monoisotopic (exact) mass is 422 g/mol. The lowest BCUT2D eigenvalue weighted by molar-refractivity contribution is -0.135. The summed E-state index contributed by atoms with van der Waals surface area (Å²) in [7, 11) is 0. The number of rotatable bonds is 5. The number of halogens is 1. The van der Waals surface area contributed by atoms with Gasteiger partial charge >= 0.3 is 0 Å². The van der Waals surface area contributed by atoms with E-state index >= 15 is 0 Å². The molecular weight excluding hydrogens is 395 g/mol. The first-order valence-electron chi connectivity index (χ1n) is 10.8. The van der Waals surface area contributed by atoms with Crippen LogP contribution in [0.25, 0.3) is 0 Å². The van der Waals surface area contributed by atoms with Crippen molar-refractivity contribution in [2.75, 3.05) is 18.4 Å². The standard InChI is InChI=1S/C24H27FN4O2/c1-2-17-3-5-19(6-4-17)28-22(31)23-7-10-24(11-8-23,12-9-23)27-15-21(30)29-16-18(25)13-20(29)14-26/h1,3-6,18,20,27H,7-13,15-16H2,(H,28,31)/t18-,20?,23?,24?/m0/s1. The molecule has 4 aliphatic rings. The van der Waals surface area contributed by atoms with Crippen molar-refractivity contribution in [3.8, 4) is 18.4 Å². The summed E-state index contributed by atoms with van der Waals surface area (Å²) < 4.78 is 13.6. The quantitative estimate of drug-likeness (QED) is 0.715. The fourth-order valence-corrected chi connectivity index (χ4v) is 5.25. The Kier molecular flexibility index (Phi) is 5.73. The number of nitrogens with one attached hydrogen (secondary N) is 2. The number of amides is 2. The Labute approximate surface area is 182 Å². The maximum Gasteiger partial charge on any atom is 0.237 e. The zero-order valence-electron chi connectivity index (χ0n) is 17.5. The van der Waals surface area contributed by atoms with Crippen molar-refractivity contribution < 1.29 is 14.0 Å². The third kappa shape index (κ3) is 4.16. The van der Waals surface area contributed by atoms with Crippen LogP contribution in [-0.4, -0.2) is 47.6 Å². The molecule has 1 aromatic rings. The first-order valence-corrected chi connectivity index (χ1v) is 10.8. The number of nitriles is 1. The number of likely N-dealkylation sites (tertiary alicyclic amines) is 1. The largest absolute Gasteiger partial charge is 0.326 e. The van der Waals surface area contributed by atoms with Crippen molar-refractivity contribution in [3.05, 3.63) is 29.8 Å². The topological polar surface area (TPSA) is 85.2 Å². The van der Waals surface area contributed by atoms with Gasteiger partial charge in [-0.3, -0.25) is 9.59 Å². The van der Waals surface area contributed by atoms with Crippen molar-refractivity contribution in [2.45, 2.75) is 62.7 Å². The van der Waals surface area contributed by atoms with E-state index in [1.165, 1.54) is 4.90 Å². The van der Waals surface area contributed by atoms with Gasteiger partial charge in [0.15, 0.2) is 0 Å². The Morgan fingerprint density at radius 3 is 2.39 bits per heavy atom. The molecular formula is C24H27FN4O2. The van der Waals surface area contributed by atoms with E-state index in [0.717, 1.165) is 49.8 Å². The predicted octanol–water partition coefficient (Wildman–Crippen LogP) is 2.75. The van der Waals surface area contributed by atoms with Gasteiger partial charge in [-0.05, 0) is 62.8 Å². The minimum absolute atomic E-state index is 0.00263. The molecule has 162 valence electrons. The number of alkyl halides is 1. The summed E-state index contributed by atoms with van der Waals surface area (Å²) in [6.45, 7) is 0.100. The van der Waals surface area contributed by atoms with Crippen LogP contribution in [0.1, 0.15) is 50.5 Å². The average Bonchev–Trinajstić information content (AvgIpc) is 3.20. The molecule has 2 atom stereocenters. The second kappa shape index (κ2) is 8.32. The van der Waals surface area contributed by atoms with Crippen molar-refractivity contribution in [2.24, 2.45) is 5.41 Å². The van der Waals surface area contributed by atoms with Crippen LogP contribution in [0.4, 0.5) is 10.1 Å². The molecule has 4 fully saturated rings. The SMILES string of the molecule is C#Cc1ccc(NC(=O)C23CCC(NCC(=O)N4C[C@@H](F)CC4C#N)(CC2)CC3)cc1. The molecule has 0 radical (unpaired) electrons. The number of benzene rings is 1. The Hall–Kier alpha value is -2.90. The molecule has 0 spiro atoms. The second-order valence-electron chi connectivity index (χ2n) is 9.11. The van der Waals surface area contributed by atoms with Crippen LogP contribution in [0.5, 0.6) is 0 Å². The zero-order valence-corrected chi connectivity index (χ0v) is 17.5. The molecule has 3 aliphatic carbocycles. The molecule has 2 amide bonds. The van der Waals surface area contributed by atoms with E-state index < -0.39 is 12.2 Å². The molecule has 1 aromatic carbocycles. The van der Waals surface area contributed by atoms with Crippen LogP contribution in [0.3, 0.4) is 0 Å². The first-order chi connectivity index (χ1) is 14.9. The first kappa shape index (κ1) is 21.3. The molecule has 31 heavy (non-hydrogen) atoms. The van der Waals surface area contributed by atoms with E-state index in [1.807, 2.05) is 30.3 Å². The highest BCUT2D eigenvalue weighted by atomic mass is 19.1. The van der Waals surface area contributed by atoms with Gasteiger partial charge in [0.2, 0.25) is 11.8 Å². The molecule has 1 saturated heterocycles. The average molecular weight is 423 g/mol. The van der Waals surface area contributed by atoms with E-state index in [4.69, 9.17) is 11.7 Å². The summed E-state index contributed by atoms with van der Waals surface area (Å²) in [5, 5.41) is 15.6. The highest BCUT2D eigenvalue weighted by Crippen LogP contribution is 2.52. The van der Waals surface area contributed by atoms with E-state index in [-0.39, 0.29) is 42.3 Å². The van der Waals surface area contributed by atoms with Gasteiger partial charge < -0.3 is 15.5 Å². The number of hydrogen-bond acceptors (Lipinski definition) is 4. The Balaban J connectivity index is 1.32. The molecule has 5 rings (SSSR count). The minimum Gasteiger partial charge on any atom is -0.326 e. The fourth-order valence-electron chi connectivity index (χ4n) is 5.25. The Bertz CT molecular complexity index is 921. The summed E-state index contributed by atoms with van der Waals surface area (Å²) in [5.74, 6) is 2.39. The van der Waals surface area contributed by atoms with Gasteiger partial charge in [0.05, 0.1) is 19.2 Å². The number of terminal acetylenes is 1. The lowest BCUT2D eigenvalue weighted by Crippen LogP contribution is -2.59. The van der Waals surface area contributed by atoms with Gasteiger partial charge in [-0.15, -0.1) is 6.42 Å². The third-order valence-electron chi connectivity index (χ3n) is 7.37. The van der Waals surface area contributed by atoms with E-state index in [2.05, 4.69) is 16.6 Å². The number of carbonyl (C=O) groups excluding carboxylic acids is 2. The lowest BCUT2D eigenvalue weighted by atomic mass is 9.57. The summed E-state index contributed by atoms with van der Waals surface area (Å²) >= 11 is 0. The zero-order chi connectivity index (χ0) is 22.1. The Morgan fingerprint density at radius 1 is 1.16 bits per heavy atom. The van der Waals surface area contributed by atoms with Crippen LogP contribution < -0.4 is 10.6 Å². The highest BCUT2D eigenvalue weighted by molar-refractivity contribution is 5.95. The predicted molar refractivity (Wildman–Crippen MR) is 115 cm³/mol. The van der Waals surface area contributed by atoms with Crippen molar-refractivity contribution in [3.63, 3.8) is 0 Å². The number of nitrogens with zero attached hydrogens (tertiary/aromatic N) is 2. The van der Waals surface area contributed by atoms with Crippen LogP contribution in [0.15, 0.2) is 24.3 Å². The maximum absolute atomic E-state index is 13.6. The Morgan fingerprint density at radius 2 is 1.81 bits per heavy atom. The second-order valence-corrected chi connectivity index (χ2v) is 9.11. The molecule has 2 N–H and O–H groups in total. The molecule has 1 unspecified atom stereocenters. The number of hydrogen-bond donors (Lipinski definition) is 2. The van der Waals surface area contributed by atoms with E-state index in [9.17, 15) is 14.0 Å². The molecule has 6 nitrogen and oxygen atoms in total. The minimum atomic E-state index is -1.13. The lowest BCUT2D eigenvalue weighted by Gasteiger charge is -2.52. The van der Waals surface area contributed by atoms with Gasteiger partial charge in [0.25, 0.3) is 0 Å². The van der Waals surface area contributed by atoms with Crippen molar-refractivity contribution in [1.82, 2.24) is 10.2 Å². The summed E-state index contributed by atoms with van der Waals surface area (Å²) in [5.41, 5.74) is 0.978. The molecule has 2 bridgehead atoms. The molecule has 1 aliphatic heterocycles. The molecule has 0 aromatic heterocycles. The van der Waals surface area contributed by atoms with Gasteiger partial charge in [0.1, 0.15) is 12.2 Å². The fraction of sp³-hybridized carbons (Fsp3) is 0.542. The number of anilines is 1. The summed E-state index contributed by atoms with van der Waals surface area (Å²) in [6, 6.07) is 8.61. The van der Waals surface area contributed by atoms with Crippen LogP contribution in [0.2, 0.25) is 0 Å². The van der Waals surface area contributed by atoms with E-state index in [1.54, 1.807) is 0 Å².